The van der Waals surface area contributed by atoms with E-state index in [1.165, 1.54) is 16.7 Å². The van der Waals surface area contributed by atoms with Gasteiger partial charge in [-0.15, -0.1) is 0 Å². The fraction of sp³-hybridized carbons (Fsp3) is 0.458. The minimum absolute atomic E-state index is 0.0233. The van der Waals surface area contributed by atoms with Gasteiger partial charge in [-0.3, -0.25) is 4.79 Å². The van der Waals surface area contributed by atoms with E-state index in [1.54, 1.807) is 0 Å². The molecule has 0 radical (unpaired) electrons. The van der Waals surface area contributed by atoms with Crippen LogP contribution in [-0.4, -0.2) is 36.4 Å². The standard InChI is InChI=1S/C24H29F3N2O2/c1-2-15-6-7-17-4-3-5-21(20(17)10-15)28-14-23(30)22(29-24(31)13-25)11-16-8-18(26)12-19(27)9-16/h6-10,12,21-23,28,30H,2-5,11,13-14H2,1H3,(H,29,31)/t21-,22-,23-/m0/s1. The molecule has 2 aromatic rings. The molecule has 0 unspecified atom stereocenters. The van der Waals surface area contributed by atoms with Crippen molar-refractivity contribution < 1.29 is 23.1 Å². The Morgan fingerprint density at radius 1 is 1.16 bits per heavy atom. The molecule has 1 aliphatic rings. The van der Waals surface area contributed by atoms with Gasteiger partial charge in [-0.1, -0.05) is 25.1 Å². The second-order valence-electron chi connectivity index (χ2n) is 8.10. The molecule has 0 bridgehead atoms. The molecule has 0 aliphatic heterocycles. The largest absolute Gasteiger partial charge is 0.390 e. The van der Waals surface area contributed by atoms with Gasteiger partial charge in [-0.05, 0) is 66.5 Å². The van der Waals surface area contributed by atoms with Gasteiger partial charge in [0.2, 0.25) is 0 Å². The second kappa shape index (κ2) is 10.8. The monoisotopic (exact) mass is 434 g/mol. The van der Waals surface area contributed by atoms with Crippen LogP contribution in [0.5, 0.6) is 0 Å². The van der Waals surface area contributed by atoms with E-state index in [0.717, 1.165) is 43.9 Å². The molecule has 31 heavy (non-hydrogen) atoms. The Morgan fingerprint density at radius 3 is 2.58 bits per heavy atom. The highest BCUT2D eigenvalue weighted by Crippen LogP contribution is 2.30. The minimum Gasteiger partial charge on any atom is -0.390 e. The SMILES string of the molecule is CCc1ccc2c(c1)[C@@H](NC[C@H](O)[C@H](Cc1cc(F)cc(F)c1)NC(=O)CF)CCC2. The normalized spacial score (nSPS) is 17.6. The number of benzene rings is 2. The van der Waals surface area contributed by atoms with Crippen molar-refractivity contribution >= 4 is 5.91 Å². The van der Waals surface area contributed by atoms with E-state index >= 15 is 0 Å². The first-order valence-corrected chi connectivity index (χ1v) is 10.7. The summed E-state index contributed by atoms with van der Waals surface area (Å²) in [4.78, 5) is 11.6. The van der Waals surface area contributed by atoms with E-state index in [1.807, 2.05) is 0 Å². The highest BCUT2D eigenvalue weighted by molar-refractivity contribution is 5.77. The van der Waals surface area contributed by atoms with Crippen LogP contribution < -0.4 is 10.6 Å². The van der Waals surface area contributed by atoms with Gasteiger partial charge in [0.15, 0.2) is 6.67 Å². The van der Waals surface area contributed by atoms with Gasteiger partial charge < -0.3 is 15.7 Å². The molecule has 0 aromatic heterocycles. The van der Waals surface area contributed by atoms with Gasteiger partial charge in [0, 0.05) is 18.7 Å². The van der Waals surface area contributed by atoms with E-state index in [2.05, 4.69) is 35.8 Å². The Morgan fingerprint density at radius 2 is 1.90 bits per heavy atom. The molecular formula is C24H29F3N2O2. The van der Waals surface area contributed by atoms with Gasteiger partial charge >= 0.3 is 0 Å². The number of aryl methyl sites for hydroxylation is 2. The fourth-order valence-electron chi connectivity index (χ4n) is 4.20. The molecule has 3 rings (SSSR count). The number of halogens is 3. The van der Waals surface area contributed by atoms with Crippen molar-refractivity contribution in [3.63, 3.8) is 0 Å². The molecule has 1 amide bonds. The number of rotatable bonds is 9. The van der Waals surface area contributed by atoms with Gasteiger partial charge in [-0.25, -0.2) is 13.2 Å². The highest BCUT2D eigenvalue weighted by atomic mass is 19.1. The Hall–Kier alpha value is -2.38. The van der Waals surface area contributed by atoms with Gasteiger partial charge in [-0.2, -0.15) is 0 Å². The summed E-state index contributed by atoms with van der Waals surface area (Å²) >= 11 is 0. The summed E-state index contributed by atoms with van der Waals surface area (Å²) in [5, 5.41) is 16.5. The number of fused-ring (bicyclic) bond motifs is 1. The van der Waals surface area contributed by atoms with E-state index in [4.69, 9.17) is 0 Å². The maximum Gasteiger partial charge on any atom is 0.251 e. The van der Waals surface area contributed by atoms with E-state index in [9.17, 15) is 23.1 Å². The van der Waals surface area contributed by atoms with Crippen molar-refractivity contribution in [2.45, 2.75) is 57.2 Å². The van der Waals surface area contributed by atoms with Crippen LogP contribution in [0.2, 0.25) is 0 Å². The van der Waals surface area contributed by atoms with Gasteiger partial charge in [0.1, 0.15) is 11.6 Å². The summed E-state index contributed by atoms with van der Waals surface area (Å²) in [6, 6.07) is 8.69. The number of carbonyl (C=O) groups excluding carboxylic acids is 1. The predicted molar refractivity (Wildman–Crippen MR) is 113 cm³/mol. The molecule has 0 fully saturated rings. The molecular weight excluding hydrogens is 405 g/mol. The summed E-state index contributed by atoms with van der Waals surface area (Å²) in [5.41, 5.74) is 4.02. The zero-order valence-corrected chi connectivity index (χ0v) is 17.6. The first kappa shape index (κ1) is 23.3. The van der Waals surface area contributed by atoms with Crippen molar-refractivity contribution in [2.24, 2.45) is 0 Å². The summed E-state index contributed by atoms with van der Waals surface area (Å²) in [5.74, 6) is -2.37. The Bertz CT molecular complexity index is 886. The Balaban J connectivity index is 1.70. The zero-order valence-electron chi connectivity index (χ0n) is 17.6. The molecule has 3 N–H and O–H groups in total. The first-order valence-electron chi connectivity index (χ1n) is 10.7. The molecule has 168 valence electrons. The summed E-state index contributed by atoms with van der Waals surface area (Å²) in [6.07, 6.45) is 2.80. The van der Waals surface area contributed by atoms with Crippen LogP contribution in [0, 0.1) is 11.6 Å². The lowest BCUT2D eigenvalue weighted by molar-refractivity contribution is -0.123. The molecule has 2 aromatic carbocycles. The third-order valence-corrected chi connectivity index (χ3v) is 5.82. The number of carbonyl (C=O) groups is 1. The van der Waals surface area contributed by atoms with Crippen LogP contribution in [-0.2, 0) is 24.1 Å². The number of aliphatic hydroxyl groups is 1. The molecule has 0 saturated heterocycles. The smallest absolute Gasteiger partial charge is 0.251 e. The average Bonchev–Trinajstić information content (AvgIpc) is 2.75. The maximum absolute atomic E-state index is 13.5. The molecule has 0 heterocycles. The predicted octanol–water partition coefficient (Wildman–Crippen LogP) is 3.55. The van der Waals surface area contributed by atoms with Crippen molar-refractivity contribution in [1.29, 1.82) is 0 Å². The molecule has 0 saturated carbocycles. The third kappa shape index (κ3) is 6.31. The van der Waals surface area contributed by atoms with Crippen LogP contribution in [0.4, 0.5) is 13.2 Å². The lowest BCUT2D eigenvalue weighted by atomic mass is 9.86. The zero-order chi connectivity index (χ0) is 22.4. The number of hydrogen-bond donors (Lipinski definition) is 3. The quantitative estimate of drug-likeness (QED) is 0.566. The summed E-state index contributed by atoms with van der Waals surface area (Å²) < 4.78 is 39.8. The van der Waals surface area contributed by atoms with Gasteiger partial charge in [0.25, 0.3) is 5.91 Å². The number of aliphatic hydroxyl groups excluding tert-OH is 1. The van der Waals surface area contributed by atoms with Crippen LogP contribution >= 0.6 is 0 Å². The van der Waals surface area contributed by atoms with Gasteiger partial charge in [0.05, 0.1) is 12.1 Å². The second-order valence-corrected chi connectivity index (χ2v) is 8.10. The summed E-state index contributed by atoms with van der Waals surface area (Å²) in [7, 11) is 0. The van der Waals surface area contributed by atoms with Crippen LogP contribution in [0.3, 0.4) is 0 Å². The van der Waals surface area contributed by atoms with Crippen LogP contribution in [0.1, 0.15) is 48.1 Å². The minimum atomic E-state index is -1.23. The molecule has 4 nitrogen and oxygen atoms in total. The van der Waals surface area contributed by atoms with Crippen LogP contribution in [0.25, 0.3) is 0 Å². The molecule has 0 spiro atoms. The fourth-order valence-corrected chi connectivity index (χ4v) is 4.20. The lowest BCUT2D eigenvalue weighted by Gasteiger charge is -2.30. The average molecular weight is 435 g/mol. The molecule has 7 heteroatoms. The van der Waals surface area contributed by atoms with E-state index < -0.39 is 36.4 Å². The highest BCUT2D eigenvalue weighted by Gasteiger charge is 2.25. The maximum atomic E-state index is 13.5. The lowest BCUT2D eigenvalue weighted by Crippen LogP contribution is -2.49. The third-order valence-electron chi connectivity index (χ3n) is 5.82. The number of amides is 1. The molecule has 3 atom stereocenters. The van der Waals surface area contributed by atoms with E-state index in [0.29, 0.717) is 0 Å². The summed E-state index contributed by atoms with van der Waals surface area (Å²) in [6.45, 7) is 1.02. The van der Waals surface area contributed by atoms with Crippen molar-refractivity contribution in [2.75, 3.05) is 13.2 Å². The Labute approximate surface area is 180 Å². The number of hydrogen-bond acceptors (Lipinski definition) is 3. The van der Waals surface area contributed by atoms with E-state index in [-0.39, 0.29) is 24.6 Å². The van der Waals surface area contributed by atoms with Crippen LogP contribution in [0.15, 0.2) is 36.4 Å². The Kier molecular flexibility index (Phi) is 8.09. The molecule has 1 aliphatic carbocycles. The van der Waals surface area contributed by atoms with Crippen molar-refractivity contribution in [3.8, 4) is 0 Å². The topological polar surface area (TPSA) is 61.4 Å². The number of alkyl halides is 1. The van der Waals surface area contributed by atoms with Crippen molar-refractivity contribution in [3.05, 3.63) is 70.3 Å². The first-order chi connectivity index (χ1) is 14.9. The van der Waals surface area contributed by atoms with Crippen molar-refractivity contribution in [1.82, 2.24) is 10.6 Å². The number of nitrogens with one attached hydrogen (secondary N) is 2.